The van der Waals surface area contributed by atoms with E-state index in [0.717, 1.165) is 24.2 Å². The Hall–Kier alpha value is -2.73. The van der Waals surface area contributed by atoms with Gasteiger partial charge in [0.15, 0.2) is 5.01 Å². The van der Waals surface area contributed by atoms with E-state index in [2.05, 4.69) is 20.6 Å². The van der Waals surface area contributed by atoms with Crippen molar-refractivity contribution >= 4 is 29.0 Å². The van der Waals surface area contributed by atoms with Gasteiger partial charge in [-0.25, -0.2) is 9.97 Å². The van der Waals surface area contributed by atoms with E-state index < -0.39 is 24.2 Å². The van der Waals surface area contributed by atoms with Crippen molar-refractivity contribution in [3.63, 3.8) is 0 Å². The molecule has 0 radical (unpaired) electrons. The molecule has 0 bridgehead atoms. The van der Waals surface area contributed by atoms with Gasteiger partial charge in [0.1, 0.15) is 17.6 Å². The SMILES string of the molecule is CC[C@H](Nc1cc(C)c(-c2sc(C(=O)NC3CCC3O)nc2C(=O)N2CCC[C@@H]2C)cn1)C(F)(F)F. The molecule has 2 amide bonds. The number of likely N-dealkylation sites (tertiary alicyclic amines) is 1. The van der Waals surface area contributed by atoms with Crippen molar-refractivity contribution in [2.24, 2.45) is 0 Å². The summed E-state index contributed by atoms with van der Waals surface area (Å²) in [6, 6.07) is -0.546. The summed E-state index contributed by atoms with van der Waals surface area (Å²) in [5.74, 6) is -0.694. The van der Waals surface area contributed by atoms with Crippen LogP contribution in [-0.4, -0.2) is 68.7 Å². The largest absolute Gasteiger partial charge is 0.408 e. The fraction of sp³-hybridized carbons (Fsp3) is 0.583. The Kier molecular flexibility index (Phi) is 7.56. The number of nitrogens with one attached hydrogen (secondary N) is 2. The molecule has 1 saturated heterocycles. The Morgan fingerprint density at radius 3 is 2.58 bits per heavy atom. The third-order valence-corrected chi connectivity index (χ3v) is 7.96. The first-order valence-corrected chi connectivity index (χ1v) is 12.9. The molecule has 196 valence electrons. The molecule has 1 aliphatic heterocycles. The van der Waals surface area contributed by atoms with Crippen molar-refractivity contribution in [2.75, 3.05) is 11.9 Å². The van der Waals surface area contributed by atoms with Crippen molar-refractivity contribution in [2.45, 2.75) is 83.3 Å². The van der Waals surface area contributed by atoms with Gasteiger partial charge in [-0.1, -0.05) is 6.92 Å². The summed E-state index contributed by atoms with van der Waals surface area (Å²) in [7, 11) is 0. The number of alkyl halides is 3. The van der Waals surface area contributed by atoms with Crippen LogP contribution in [0.2, 0.25) is 0 Å². The highest BCUT2D eigenvalue weighted by molar-refractivity contribution is 7.17. The van der Waals surface area contributed by atoms with E-state index in [9.17, 15) is 27.9 Å². The summed E-state index contributed by atoms with van der Waals surface area (Å²) >= 11 is 1.04. The number of nitrogens with zero attached hydrogens (tertiary/aromatic N) is 3. The number of amides is 2. The molecule has 2 unspecified atom stereocenters. The van der Waals surface area contributed by atoms with Crippen molar-refractivity contribution in [1.29, 1.82) is 0 Å². The zero-order chi connectivity index (χ0) is 26.2. The van der Waals surface area contributed by atoms with Gasteiger partial charge in [0, 0.05) is 24.3 Å². The van der Waals surface area contributed by atoms with Crippen LogP contribution in [0.1, 0.15) is 71.8 Å². The fourth-order valence-electron chi connectivity index (χ4n) is 4.46. The van der Waals surface area contributed by atoms with E-state index in [1.54, 1.807) is 11.8 Å². The maximum absolute atomic E-state index is 13.4. The highest BCUT2D eigenvalue weighted by Crippen LogP contribution is 2.36. The number of rotatable bonds is 7. The van der Waals surface area contributed by atoms with Crippen molar-refractivity contribution in [3.8, 4) is 10.4 Å². The number of anilines is 1. The monoisotopic (exact) mass is 525 g/mol. The summed E-state index contributed by atoms with van der Waals surface area (Å²) in [6.07, 6.45) is -0.732. The second-order valence-electron chi connectivity index (χ2n) is 9.44. The molecule has 3 heterocycles. The quantitative estimate of drug-likeness (QED) is 0.502. The lowest BCUT2D eigenvalue weighted by atomic mass is 9.89. The molecule has 3 N–H and O–H groups in total. The lowest BCUT2D eigenvalue weighted by Crippen LogP contribution is -2.50. The van der Waals surface area contributed by atoms with Crippen LogP contribution in [0.3, 0.4) is 0 Å². The molecule has 1 saturated carbocycles. The number of hydrogen-bond acceptors (Lipinski definition) is 7. The third kappa shape index (κ3) is 5.34. The van der Waals surface area contributed by atoms with E-state index in [0.29, 0.717) is 35.4 Å². The second-order valence-corrected chi connectivity index (χ2v) is 10.4. The molecule has 0 spiro atoms. The number of hydrogen-bond donors (Lipinski definition) is 3. The van der Waals surface area contributed by atoms with Crippen LogP contribution in [0.5, 0.6) is 0 Å². The predicted molar refractivity (Wildman–Crippen MR) is 130 cm³/mol. The zero-order valence-corrected chi connectivity index (χ0v) is 21.2. The molecule has 2 aromatic heterocycles. The number of carbonyl (C=O) groups excluding carboxylic acids is 2. The highest BCUT2D eigenvalue weighted by Gasteiger charge is 2.39. The van der Waals surface area contributed by atoms with Crippen molar-refractivity contribution in [3.05, 3.63) is 28.5 Å². The molecular formula is C24H30F3N5O3S. The first-order chi connectivity index (χ1) is 17.0. The molecule has 2 aliphatic rings. The second kappa shape index (κ2) is 10.3. The van der Waals surface area contributed by atoms with Crippen LogP contribution in [0.25, 0.3) is 10.4 Å². The zero-order valence-electron chi connectivity index (χ0n) is 20.4. The van der Waals surface area contributed by atoms with Crippen molar-refractivity contribution < 1.29 is 27.9 Å². The van der Waals surface area contributed by atoms with Gasteiger partial charge in [0.25, 0.3) is 11.8 Å². The van der Waals surface area contributed by atoms with Crippen molar-refractivity contribution in [1.82, 2.24) is 20.2 Å². The predicted octanol–water partition coefficient (Wildman–Crippen LogP) is 4.14. The standard InChI is InChI=1S/C24H30F3N5O3S/c1-4-17(24(25,26)27)30-18-10-12(2)14(11-28-18)20-19(23(35)32-9-5-6-13(32)3)31-22(36-20)21(34)29-15-7-8-16(15)33/h10-11,13,15-17,33H,4-9H2,1-3H3,(H,28,30)(H,29,34)/t13-,15?,16?,17-/m0/s1. The van der Waals surface area contributed by atoms with Gasteiger partial charge in [-0.05, 0) is 57.6 Å². The van der Waals surface area contributed by atoms with Gasteiger partial charge in [-0.15, -0.1) is 11.3 Å². The maximum atomic E-state index is 13.4. The van der Waals surface area contributed by atoms with Gasteiger partial charge in [-0.3, -0.25) is 9.59 Å². The molecule has 4 rings (SSSR count). The molecule has 2 aromatic rings. The summed E-state index contributed by atoms with van der Waals surface area (Å²) in [5, 5.41) is 15.1. The average molecular weight is 526 g/mol. The number of aliphatic hydroxyl groups is 1. The Morgan fingerprint density at radius 1 is 1.31 bits per heavy atom. The Bertz CT molecular complexity index is 1140. The number of aryl methyl sites for hydroxylation is 1. The molecule has 1 aliphatic carbocycles. The van der Waals surface area contributed by atoms with Gasteiger partial charge in [0.05, 0.1) is 17.0 Å². The molecule has 0 aromatic carbocycles. The van der Waals surface area contributed by atoms with E-state index in [1.807, 2.05) is 6.92 Å². The summed E-state index contributed by atoms with van der Waals surface area (Å²) in [4.78, 5) is 37.0. The minimum atomic E-state index is -4.41. The normalized spacial score (nSPS) is 22.8. The Labute approximate surface area is 211 Å². The Morgan fingerprint density at radius 2 is 2.06 bits per heavy atom. The molecule has 12 heteroatoms. The fourth-order valence-corrected chi connectivity index (χ4v) is 5.50. The lowest BCUT2D eigenvalue weighted by molar-refractivity contribution is -0.142. The van der Waals surface area contributed by atoms with Gasteiger partial charge in [0.2, 0.25) is 0 Å². The molecule has 2 fully saturated rings. The number of carbonyl (C=O) groups is 2. The van der Waals surface area contributed by atoms with E-state index in [-0.39, 0.29) is 40.9 Å². The van der Waals surface area contributed by atoms with Gasteiger partial charge in [-0.2, -0.15) is 13.2 Å². The van der Waals surface area contributed by atoms with E-state index >= 15 is 0 Å². The molecule has 36 heavy (non-hydrogen) atoms. The molecule has 4 atom stereocenters. The maximum Gasteiger partial charge on any atom is 0.408 e. The summed E-state index contributed by atoms with van der Waals surface area (Å²) in [5.41, 5.74) is 1.24. The average Bonchev–Trinajstić information content (AvgIpc) is 3.45. The highest BCUT2D eigenvalue weighted by atomic mass is 32.1. The number of aromatic nitrogens is 2. The van der Waals surface area contributed by atoms with Crippen LogP contribution < -0.4 is 10.6 Å². The summed E-state index contributed by atoms with van der Waals surface area (Å²) < 4.78 is 39.6. The first-order valence-electron chi connectivity index (χ1n) is 12.1. The topological polar surface area (TPSA) is 107 Å². The molecular weight excluding hydrogens is 495 g/mol. The number of halogens is 3. The smallest absolute Gasteiger partial charge is 0.391 e. The van der Waals surface area contributed by atoms with E-state index in [4.69, 9.17) is 0 Å². The van der Waals surface area contributed by atoms with E-state index in [1.165, 1.54) is 19.2 Å². The van der Waals surface area contributed by atoms with Crippen LogP contribution in [0, 0.1) is 6.92 Å². The van der Waals surface area contributed by atoms with Crippen LogP contribution >= 0.6 is 11.3 Å². The lowest BCUT2D eigenvalue weighted by Gasteiger charge is -2.32. The van der Waals surface area contributed by atoms with Crippen LogP contribution in [0.15, 0.2) is 12.3 Å². The minimum Gasteiger partial charge on any atom is -0.391 e. The van der Waals surface area contributed by atoms with Gasteiger partial charge < -0.3 is 20.6 Å². The molecule has 8 nitrogen and oxygen atoms in total. The minimum absolute atomic E-state index is 0.0357. The summed E-state index contributed by atoms with van der Waals surface area (Å²) in [6.45, 7) is 5.70. The van der Waals surface area contributed by atoms with Crippen LogP contribution in [-0.2, 0) is 0 Å². The Balaban J connectivity index is 1.67. The van der Waals surface area contributed by atoms with Crippen LogP contribution in [0.4, 0.5) is 19.0 Å². The number of thiazole rings is 1. The number of pyridine rings is 1. The number of aliphatic hydroxyl groups excluding tert-OH is 1. The van der Waals surface area contributed by atoms with Gasteiger partial charge >= 0.3 is 6.18 Å². The third-order valence-electron chi connectivity index (χ3n) is 6.87. The first kappa shape index (κ1) is 26.3.